The number of halogens is 1. The highest BCUT2D eigenvalue weighted by Crippen LogP contribution is 2.27. The van der Waals surface area contributed by atoms with Crippen LogP contribution in [0.15, 0.2) is 36.5 Å². The summed E-state index contributed by atoms with van der Waals surface area (Å²) in [5.41, 5.74) is 3.45. The second kappa shape index (κ2) is 5.66. The first kappa shape index (κ1) is 14.0. The van der Waals surface area contributed by atoms with Crippen LogP contribution in [0.25, 0.3) is 0 Å². The number of amides is 1. The zero-order valence-electron chi connectivity index (χ0n) is 11.1. The van der Waals surface area contributed by atoms with Gasteiger partial charge < -0.3 is 0 Å². The third-order valence-electron chi connectivity index (χ3n) is 2.70. The van der Waals surface area contributed by atoms with Crippen molar-refractivity contribution >= 4 is 23.1 Å². The summed E-state index contributed by atoms with van der Waals surface area (Å²) in [6, 6.07) is 7.35. The lowest BCUT2D eigenvalue weighted by atomic mass is 10.2. The van der Waals surface area contributed by atoms with E-state index in [2.05, 4.69) is 4.98 Å². The number of carbonyl (C=O) groups excluding carboxylic acids is 1. The van der Waals surface area contributed by atoms with E-state index in [1.807, 2.05) is 5.48 Å². The normalized spacial score (nSPS) is 10.2. The van der Waals surface area contributed by atoms with E-state index < -0.39 is 5.82 Å². The first-order valence-electron chi connectivity index (χ1n) is 5.95. The summed E-state index contributed by atoms with van der Waals surface area (Å²) < 4.78 is 13.5. The molecule has 0 bridgehead atoms. The molecule has 0 fully saturated rings. The molecule has 0 atom stereocenters. The lowest BCUT2D eigenvalue weighted by molar-refractivity contribution is -0.115. The van der Waals surface area contributed by atoms with Gasteiger partial charge in [0.25, 0.3) is 0 Å². The average Bonchev–Trinajstić information content (AvgIpc) is 2.37. The van der Waals surface area contributed by atoms with Gasteiger partial charge in [-0.15, -0.1) is 0 Å². The Bertz CT molecular complexity index is 626. The quantitative estimate of drug-likeness (QED) is 0.845. The lowest BCUT2D eigenvalue weighted by Crippen LogP contribution is -2.24. The van der Waals surface area contributed by atoms with Crippen molar-refractivity contribution in [2.45, 2.75) is 13.8 Å². The van der Waals surface area contributed by atoms with Crippen LogP contribution < -0.4 is 10.4 Å². The predicted octanol–water partition coefficient (Wildman–Crippen LogP) is 3.01. The molecule has 0 aliphatic rings. The third-order valence-corrected chi connectivity index (χ3v) is 2.70. The zero-order chi connectivity index (χ0) is 14.7. The SMILES string of the molecule is CC(=O)N(c1cc(C)cc(F)c1)c1cc(NO)ccn1. The summed E-state index contributed by atoms with van der Waals surface area (Å²) in [5, 5.41) is 8.90. The van der Waals surface area contributed by atoms with Crippen molar-refractivity contribution in [3.63, 3.8) is 0 Å². The van der Waals surface area contributed by atoms with Crippen molar-refractivity contribution in [2.24, 2.45) is 0 Å². The Morgan fingerprint density at radius 2 is 2.10 bits per heavy atom. The summed E-state index contributed by atoms with van der Waals surface area (Å²) in [4.78, 5) is 17.2. The number of hydrogen-bond acceptors (Lipinski definition) is 4. The van der Waals surface area contributed by atoms with E-state index in [4.69, 9.17) is 5.21 Å². The highest BCUT2D eigenvalue weighted by atomic mass is 19.1. The molecule has 1 aromatic heterocycles. The van der Waals surface area contributed by atoms with Gasteiger partial charge in [-0.1, -0.05) is 0 Å². The van der Waals surface area contributed by atoms with Gasteiger partial charge in [-0.3, -0.25) is 20.4 Å². The molecule has 2 aromatic rings. The largest absolute Gasteiger partial charge is 0.291 e. The van der Waals surface area contributed by atoms with Gasteiger partial charge in [0.1, 0.15) is 11.6 Å². The minimum Gasteiger partial charge on any atom is -0.291 e. The van der Waals surface area contributed by atoms with Gasteiger partial charge >= 0.3 is 0 Å². The molecular weight excluding hydrogens is 261 g/mol. The Kier molecular flexibility index (Phi) is 3.95. The number of rotatable bonds is 3. The number of benzene rings is 1. The number of carbonyl (C=O) groups is 1. The van der Waals surface area contributed by atoms with Crippen molar-refractivity contribution in [3.05, 3.63) is 47.9 Å². The molecule has 6 heteroatoms. The van der Waals surface area contributed by atoms with E-state index in [0.717, 1.165) is 0 Å². The number of hydrogen-bond donors (Lipinski definition) is 2. The smallest absolute Gasteiger partial charge is 0.229 e. The van der Waals surface area contributed by atoms with Crippen LogP contribution in [0, 0.1) is 12.7 Å². The van der Waals surface area contributed by atoms with Crippen molar-refractivity contribution in [3.8, 4) is 0 Å². The highest BCUT2D eigenvalue weighted by molar-refractivity contribution is 5.98. The van der Waals surface area contributed by atoms with E-state index in [9.17, 15) is 9.18 Å². The van der Waals surface area contributed by atoms with Crippen molar-refractivity contribution in [1.82, 2.24) is 4.98 Å². The van der Waals surface area contributed by atoms with Crippen molar-refractivity contribution < 1.29 is 14.4 Å². The van der Waals surface area contributed by atoms with Gasteiger partial charge in [0.15, 0.2) is 0 Å². The number of anilines is 3. The molecule has 5 nitrogen and oxygen atoms in total. The number of nitrogens with zero attached hydrogens (tertiary/aromatic N) is 2. The van der Waals surface area contributed by atoms with Crippen LogP contribution in [-0.2, 0) is 4.79 Å². The van der Waals surface area contributed by atoms with Crippen LogP contribution in [-0.4, -0.2) is 16.1 Å². The van der Waals surface area contributed by atoms with Crippen LogP contribution >= 0.6 is 0 Å². The summed E-state index contributed by atoms with van der Waals surface area (Å²) in [7, 11) is 0. The minimum atomic E-state index is -0.428. The molecule has 1 aromatic carbocycles. The average molecular weight is 275 g/mol. The van der Waals surface area contributed by atoms with E-state index in [-0.39, 0.29) is 5.91 Å². The van der Waals surface area contributed by atoms with Gasteiger partial charge in [-0.05, 0) is 36.8 Å². The molecule has 1 amide bonds. The maximum absolute atomic E-state index is 13.5. The summed E-state index contributed by atoms with van der Waals surface area (Å²) in [6.45, 7) is 3.10. The second-order valence-corrected chi connectivity index (χ2v) is 4.36. The van der Waals surface area contributed by atoms with E-state index in [1.165, 1.54) is 36.2 Å². The number of nitrogens with one attached hydrogen (secondary N) is 1. The van der Waals surface area contributed by atoms with E-state index in [0.29, 0.717) is 22.8 Å². The van der Waals surface area contributed by atoms with E-state index in [1.54, 1.807) is 19.1 Å². The maximum Gasteiger partial charge on any atom is 0.229 e. The third kappa shape index (κ3) is 2.92. The number of aryl methyl sites for hydroxylation is 1. The fraction of sp³-hybridized carbons (Fsp3) is 0.143. The summed E-state index contributed by atoms with van der Waals surface area (Å²) in [5.74, 6) is -0.443. The first-order chi connectivity index (χ1) is 9.51. The van der Waals surface area contributed by atoms with Gasteiger partial charge in [-0.2, -0.15) is 0 Å². The molecule has 2 N–H and O–H groups in total. The molecule has 0 aliphatic heterocycles. The van der Waals surface area contributed by atoms with Gasteiger partial charge in [-0.25, -0.2) is 9.37 Å². The van der Waals surface area contributed by atoms with Gasteiger partial charge in [0.2, 0.25) is 5.91 Å². The Morgan fingerprint density at radius 3 is 2.70 bits per heavy atom. The Labute approximate surface area is 115 Å². The molecule has 0 aliphatic carbocycles. The predicted molar refractivity (Wildman–Crippen MR) is 73.6 cm³/mol. The Morgan fingerprint density at radius 1 is 1.35 bits per heavy atom. The topological polar surface area (TPSA) is 65.5 Å². The standard InChI is InChI=1S/C14H14FN3O2/c1-9-5-11(15)7-13(6-9)18(10(2)19)14-8-12(17-20)3-4-16-14/h3-8,20H,1-2H3,(H,16,17). The minimum absolute atomic E-state index is 0.293. The monoisotopic (exact) mass is 275 g/mol. The molecule has 0 saturated carbocycles. The van der Waals surface area contributed by atoms with Gasteiger partial charge in [0.05, 0.1) is 11.4 Å². The van der Waals surface area contributed by atoms with Crippen LogP contribution in [0.5, 0.6) is 0 Å². The molecule has 20 heavy (non-hydrogen) atoms. The van der Waals surface area contributed by atoms with Crippen LogP contribution in [0.3, 0.4) is 0 Å². The zero-order valence-corrected chi connectivity index (χ0v) is 11.1. The second-order valence-electron chi connectivity index (χ2n) is 4.36. The fourth-order valence-corrected chi connectivity index (χ4v) is 1.93. The maximum atomic E-state index is 13.5. The van der Waals surface area contributed by atoms with Crippen LogP contribution in [0.1, 0.15) is 12.5 Å². The number of pyridine rings is 1. The van der Waals surface area contributed by atoms with Crippen molar-refractivity contribution in [2.75, 3.05) is 10.4 Å². The van der Waals surface area contributed by atoms with Crippen LogP contribution in [0.4, 0.5) is 21.6 Å². The lowest BCUT2D eigenvalue weighted by Gasteiger charge is -2.21. The molecule has 0 radical (unpaired) electrons. The number of aromatic nitrogens is 1. The molecule has 0 spiro atoms. The van der Waals surface area contributed by atoms with Crippen molar-refractivity contribution in [1.29, 1.82) is 0 Å². The molecule has 104 valence electrons. The molecule has 1 heterocycles. The first-order valence-corrected chi connectivity index (χ1v) is 5.95. The Balaban J connectivity index is 2.53. The summed E-state index contributed by atoms with van der Waals surface area (Å²) in [6.07, 6.45) is 1.44. The van der Waals surface area contributed by atoms with E-state index >= 15 is 0 Å². The summed E-state index contributed by atoms with van der Waals surface area (Å²) >= 11 is 0. The molecule has 0 saturated heterocycles. The van der Waals surface area contributed by atoms with Gasteiger partial charge in [0, 0.05) is 19.2 Å². The van der Waals surface area contributed by atoms with Crippen LogP contribution in [0.2, 0.25) is 0 Å². The Hall–Kier alpha value is -2.47. The molecule has 0 unspecified atom stereocenters. The molecule has 2 rings (SSSR count). The molecular formula is C14H14FN3O2. The highest BCUT2D eigenvalue weighted by Gasteiger charge is 2.17. The fourth-order valence-electron chi connectivity index (χ4n) is 1.93.